The zero-order valence-corrected chi connectivity index (χ0v) is 23.5. The molecule has 0 aliphatic carbocycles. The summed E-state index contributed by atoms with van der Waals surface area (Å²) in [5.41, 5.74) is 0. The van der Waals surface area contributed by atoms with Crippen LogP contribution in [0.1, 0.15) is 116 Å². The monoisotopic (exact) mass is 518 g/mol. The molecule has 0 bridgehead atoms. The zero-order valence-electron chi connectivity index (χ0n) is 23.5. The van der Waals surface area contributed by atoms with E-state index < -0.39 is 5.97 Å². The summed E-state index contributed by atoms with van der Waals surface area (Å²) in [6.45, 7) is 7.51. The Hall–Kier alpha value is -0.730. The van der Waals surface area contributed by atoms with E-state index in [-0.39, 0.29) is 13.0 Å². The van der Waals surface area contributed by atoms with Crippen LogP contribution in [0.15, 0.2) is 0 Å². The molecule has 1 N–H and O–H groups in total. The number of hydrogen-bond acceptors (Lipinski definition) is 6. The molecule has 0 unspecified atom stereocenters. The van der Waals surface area contributed by atoms with Gasteiger partial charge in [-0.1, -0.05) is 103 Å². The molecule has 0 spiro atoms. The summed E-state index contributed by atoms with van der Waals surface area (Å²) < 4.78 is 27.0. The van der Waals surface area contributed by atoms with Crippen LogP contribution in [0.5, 0.6) is 0 Å². The van der Waals surface area contributed by atoms with E-state index in [1.54, 1.807) is 0 Å². The molecular formula is C29H58O7. The average Bonchev–Trinajstić information content (AvgIpc) is 2.87. The molecule has 7 nitrogen and oxygen atoms in total. The molecule has 0 heterocycles. The van der Waals surface area contributed by atoms with Gasteiger partial charge < -0.3 is 28.8 Å². The van der Waals surface area contributed by atoms with E-state index in [0.717, 1.165) is 13.0 Å². The van der Waals surface area contributed by atoms with Crippen LogP contribution in [0, 0.1) is 0 Å². The maximum Gasteiger partial charge on any atom is 0.305 e. The number of carboxylic acid groups (broad SMARTS) is 1. The summed E-state index contributed by atoms with van der Waals surface area (Å²) in [6, 6.07) is 0. The van der Waals surface area contributed by atoms with E-state index >= 15 is 0 Å². The number of unbranched alkanes of at least 4 members (excludes halogenated alkanes) is 15. The van der Waals surface area contributed by atoms with Gasteiger partial charge in [-0.25, -0.2) is 0 Å². The first-order valence-corrected chi connectivity index (χ1v) is 14.9. The van der Waals surface area contributed by atoms with Gasteiger partial charge in [0.1, 0.15) is 0 Å². The number of hydrogen-bond donors (Lipinski definition) is 1. The quantitative estimate of drug-likeness (QED) is 0.0980. The average molecular weight is 519 g/mol. The van der Waals surface area contributed by atoms with Crippen LogP contribution < -0.4 is 0 Å². The molecule has 0 fully saturated rings. The van der Waals surface area contributed by atoms with Gasteiger partial charge in [-0.15, -0.1) is 0 Å². The molecule has 0 aromatic carbocycles. The Bertz CT molecular complexity index is 420. The highest BCUT2D eigenvalue weighted by atomic mass is 16.6. The van der Waals surface area contributed by atoms with Crippen LogP contribution in [0.3, 0.4) is 0 Å². The van der Waals surface area contributed by atoms with Gasteiger partial charge in [0.05, 0.1) is 65.9 Å². The van der Waals surface area contributed by atoms with Crippen LogP contribution in [-0.2, 0) is 28.5 Å². The van der Waals surface area contributed by atoms with E-state index in [4.69, 9.17) is 28.8 Å². The van der Waals surface area contributed by atoms with Crippen LogP contribution >= 0.6 is 0 Å². The van der Waals surface area contributed by atoms with E-state index in [1.807, 2.05) is 0 Å². The molecule has 0 aliphatic rings. The normalized spacial score (nSPS) is 11.4. The molecule has 0 rings (SSSR count). The SMILES string of the molecule is CCCCCCCCCCCCCCCCCCOCCOCCOCCOCCOCCC(=O)O. The van der Waals surface area contributed by atoms with Crippen molar-refractivity contribution in [1.82, 2.24) is 0 Å². The van der Waals surface area contributed by atoms with E-state index in [9.17, 15) is 4.79 Å². The molecule has 0 radical (unpaired) electrons. The van der Waals surface area contributed by atoms with E-state index in [0.29, 0.717) is 52.9 Å². The van der Waals surface area contributed by atoms with Gasteiger partial charge >= 0.3 is 5.97 Å². The lowest BCUT2D eigenvalue weighted by Crippen LogP contribution is -2.13. The molecule has 216 valence electrons. The molecule has 0 atom stereocenters. The highest BCUT2D eigenvalue weighted by Gasteiger charge is 1.97. The minimum atomic E-state index is -0.853. The fraction of sp³-hybridized carbons (Fsp3) is 0.966. The maximum absolute atomic E-state index is 10.3. The molecule has 36 heavy (non-hydrogen) atoms. The lowest BCUT2D eigenvalue weighted by atomic mass is 10.0. The Morgan fingerprint density at radius 3 is 1.03 bits per heavy atom. The topological polar surface area (TPSA) is 83.5 Å². The minimum absolute atomic E-state index is 0.0215. The van der Waals surface area contributed by atoms with Gasteiger partial charge in [-0.2, -0.15) is 0 Å². The predicted octanol–water partition coefficient (Wildman–Crippen LogP) is 6.81. The third-order valence-electron chi connectivity index (χ3n) is 6.09. The van der Waals surface area contributed by atoms with Crippen molar-refractivity contribution in [3.63, 3.8) is 0 Å². The first-order valence-electron chi connectivity index (χ1n) is 14.9. The lowest BCUT2D eigenvalue weighted by molar-refractivity contribution is -0.138. The molecule has 0 saturated carbocycles. The first-order chi connectivity index (χ1) is 17.8. The number of ether oxygens (including phenoxy) is 5. The summed E-state index contributed by atoms with van der Waals surface area (Å²) >= 11 is 0. The highest BCUT2D eigenvalue weighted by molar-refractivity contribution is 5.66. The Morgan fingerprint density at radius 1 is 0.417 bits per heavy atom. The van der Waals surface area contributed by atoms with Gasteiger partial charge in [0.2, 0.25) is 0 Å². The van der Waals surface area contributed by atoms with Crippen molar-refractivity contribution >= 4 is 5.97 Å². The highest BCUT2D eigenvalue weighted by Crippen LogP contribution is 2.13. The Labute approximate surface area is 221 Å². The van der Waals surface area contributed by atoms with Gasteiger partial charge in [0, 0.05) is 6.61 Å². The lowest BCUT2D eigenvalue weighted by Gasteiger charge is -2.08. The zero-order chi connectivity index (χ0) is 26.2. The van der Waals surface area contributed by atoms with Crippen molar-refractivity contribution in [3.05, 3.63) is 0 Å². The van der Waals surface area contributed by atoms with Crippen molar-refractivity contribution in [2.75, 3.05) is 66.1 Å². The summed E-state index contributed by atoms with van der Waals surface area (Å²) in [7, 11) is 0. The predicted molar refractivity (Wildman–Crippen MR) is 146 cm³/mol. The van der Waals surface area contributed by atoms with E-state index in [2.05, 4.69) is 6.92 Å². The number of aliphatic carboxylic acids is 1. The summed E-state index contributed by atoms with van der Waals surface area (Å²) in [5, 5.41) is 8.48. The Morgan fingerprint density at radius 2 is 0.694 bits per heavy atom. The Kier molecular flexibility index (Phi) is 31.6. The second-order valence-electron chi connectivity index (χ2n) is 9.51. The van der Waals surface area contributed by atoms with Crippen molar-refractivity contribution in [1.29, 1.82) is 0 Å². The van der Waals surface area contributed by atoms with Crippen LogP contribution in [0.25, 0.3) is 0 Å². The third kappa shape index (κ3) is 33.3. The van der Waals surface area contributed by atoms with Gasteiger partial charge in [-0.3, -0.25) is 4.79 Å². The Balaban J connectivity index is 3.02. The van der Waals surface area contributed by atoms with Gasteiger partial charge in [0.25, 0.3) is 0 Å². The number of rotatable bonds is 32. The number of carboxylic acids is 1. The van der Waals surface area contributed by atoms with Crippen molar-refractivity contribution in [2.24, 2.45) is 0 Å². The summed E-state index contributed by atoms with van der Waals surface area (Å²) in [6.07, 6.45) is 22.2. The molecule has 0 aromatic rings. The third-order valence-corrected chi connectivity index (χ3v) is 6.09. The van der Waals surface area contributed by atoms with Crippen LogP contribution in [0.4, 0.5) is 0 Å². The van der Waals surface area contributed by atoms with Crippen molar-refractivity contribution in [2.45, 2.75) is 116 Å². The van der Waals surface area contributed by atoms with Crippen LogP contribution in [-0.4, -0.2) is 77.1 Å². The molecule has 0 saturated heterocycles. The fourth-order valence-corrected chi connectivity index (χ4v) is 3.89. The fourth-order valence-electron chi connectivity index (χ4n) is 3.89. The molecule has 0 aliphatic heterocycles. The first kappa shape index (κ1) is 35.3. The van der Waals surface area contributed by atoms with E-state index in [1.165, 1.54) is 96.3 Å². The minimum Gasteiger partial charge on any atom is -0.481 e. The molecular weight excluding hydrogens is 460 g/mol. The number of carbonyl (C=O) groups is 1. The molecule has 0 aromatic heterocycles. The maximum atomic E-state index is 10.3. The molecule has 7 heteroatoms. The molecule has 0 amide bonds. The van der Waals surface area contributed by atoms with Crippen LogP contribution in [0.2, 0.25) is 0 Å². The van der Waals surface area contributed by atoms with Gasteiger partial charge in [-0.05, 0) is 6.42 Å². The summed E-state index contributed by atoms with van der Waals surface area (Å²) in [4.78, 5) is 10.3. The van der Waals surface area contributed by atoms with Crippen molar-refractivity contribution in [3.8, 4) is 0 Å². The van der Waals surface area contributed by atoms with Crippen molar-refractivity contribution < 1.29 is 33.6 Å². The standard InChI is InChI=1S/C29H58O7/c1-2-3-4-5-6-7-8-9-10-11-12-13-14-15-16-17-19-32-21-23-34-25-27-36-28-26-35-24-22-33-20-18-29(30)31/h2-28H2,1H3,(H,30,31). The second-order valence-corrected chi connectivity index (χ2v) is 9.51. The summed E-state index contributed by atoms with van der Waals surface area (Å²) in [5.74, 6) is -0.853. The second kappa shape index (κ2) is 32.3. The largest absolute Gasteiger partial charge is 0.481 e. The van der Waals surface area contributed by atoms with Gasteiger partial charge in [0.15, 0.2) is 0 Å². The smallest absolute Gasteiger partial charge is 0.305 e.